The first kappa shape index (κ1) is 25.4. The highest BCUT2D eigenvalue weighted by molar-refractivity contribution is 14.0. The van der Waals surface area contributed by atoms with Gasteiger partial charge in [0.15, 0.2) is 5.96 Å². The van der Waals surface area contributed by atoms with Gasteiger partial charge in [0.05, 0.1) is 7.11 Å². The van der Waals surface area contributed by atoms with E-state index < -0.39 is 0 Å². The lowest BCUT2D eigenvalue weighted by Gasteiger charge is -2.35. The van der Waals surface area contributed by atoms with Crippen molar-refractivity contribution in [3.63, 3.8) is 0 Å². The summed E-state index contributed by atoms with van der Waals surface area (Å²) in [6.45, 7) is 10.1. The molecule has 160 valence electrons. The van der Waals surface area contributed by atoms with Crippen molar-refractivity contribution in [3.05, 3.63) is 24.3 Å². The number of hydrogen-bond acceptors (Lipinski definition) is 4. The van der Waals surface area contributed by atoms with Crippen LogP contribution < -0.4 is 15.4 Å². The number of guanidine groups is 1. The molecule has 0 bridgehead atoms. The highest BCUT2D eigenvalue weighted by Gasteiger charge is 2.21. The minimum absolute atomic E-state index is 0. The molecule has 0 spiro atoms. The van der Waals surface area contributed by atoms with Crippen LogP contribution in [0.2, 0.25) is 0 Å². The Kier molecular flexibility index (Phi) is 12.3. The molecule has 0 aliphatic carbocycles. The Morgan fingerprint density at radius 2 is 1.93 bits per heavy atom. The first-order valence-corrected chi connectivity index (χ1v) is 11.0. The average molecular weight is 521 g/mol. The molecule has 1 aromatic carbocycles. The Balaban J connectivity index is 0.00000392. The number of methoxy groups -OCH3 is 1. The minimum atomic E-state index is 0. The van der Waals surface area contributed by atoms with Crippen LogP contribution in [0.4, 0.5) is 0 Å². The van der Waals surface area contributed by atoms with Gasteiger partial charge in [-0.3, -0.25) is 4.99 Å². The van der Waals surface area contributed by atoms with Crippen LogP contribution in [0.1, 0.15) is 33.6 Å². The SMILES string of the molecule is CN=C(NCC(C)CSc1ccccc1OC)NC1CCN(C(C)C)CC1.I. The van der Waals surface area contributed by atoms with Gasteiger partial charge in [0.2, 0.25) is 0 Å². The molecule has 1 saturated heterocycles. The predicted octanol–water partition coefficient (Wildman–Crippen LogP) is 4.08. The molecule has 1 heterocycles. The van der Waals surface area contributed by atoms with Gasteiger partial charge < -0.3 is 20.3 Å². The number of aliphatic imine (C=N–C) groups is 1. The monoisotopic (exact) mass is 520 g/mol. The number of likely N-dealkylation sites (tertiary alicyclic amines) is 1. The number of hydrogen-bond donors (Lipinski definition) is 2. The quantitative estimate of drug-likeness (QED) is 0.234. The number of thioether (sulfide) groups is 1. The van der Waals surface area contributed by atoms with Crippen molar-refractivity contribution in [1.82, 2.24) is 15.5 Å². The Bertz CT molecular complexity index is 592. The van der Waals surface area contributed by atoms with Crippen LogP contribution in [0.25, 0.3) is 0 Å². The molecule has 2 N–H and O–H groups in total. The maximum absolute atomic E-state index is 5.43. The zero-order chi connectivity index (χ0) is 19.6. The largest absolute Gasteiger partial charge is 0.496 e. The highest BCUT2D eigenvalue weighted by Crippen LogP contribution is 2.29. The lowest BCUT2D eigenvalue weighted by atomic mass is 10.0. The van der Waals surface area contributed by atoms with Crippen molar-refractivity contribution >= 4 is 41.7 Å². The lowest BCUT2D eigenvalue weighted by Crippen LogP contribution is -2.50. The average Bonchev–Trinajstić information content (AvgIpc) is 2.70. The summed E-state index contributed by atoms with van der Waals surface area (Å²) in [6.07, 6.45) is 2.36. The molecule has 1 atom stereocenters. The summed E-state index contributed by atoms with van der Waals surface area (Å²) in [4.78, 5) is 8.16. The summed E-state index contributed by atoms with van der Waals surface area (Å²) >= 11 is 1.85. The van der Waals surface area contributed by atoms with Crippen LogP contribution in [0.3, 0.4) is 0 Å². The van der Waals surface area contributed by atoms with Crippen LogP contribution in [0.5, 0.6) is 5.75 Å². The Morgan fingerprint density at radius 3 is 2.54 bits per heavy atom. The van der Waals surface area contributed by atoms with Gasteiger partial charge in [-0.25, -0.2) is 0 Å². The van der Waals surface area contributed by atoms with Gasteiger partial charge in [-0.1, -0.05) is 19.1 Å². The zero-order valence-corrected chi connectivity index (χ0v) is 21.1. The fourth-order valence-electron chi connectivity index (χ4n) is 3.25. The zero-order valence-electron chi connectivity index (χ0n) is 17.9. The summed E-state index contributed by atoms with van der Waals surface area (Å²) in [6, 6.07) is 9.36. The first-order chi connectivity index (χ1) is 13.0. The molecular formula is C21H37IN4OS. The van der Waals surface area contributed by atoms with Crippen LogP contribution in [-0.2, 0) is 0 Å². The number of para-hydroxylation sites is 1. The van der Waals surface area contributed by atoms with E-state index in [-0.39, 0.29) is 24.0 Å². The molecule has 0 radical (unpaired) electrons. The van der Waals surface area contributed by atoms with Crippen molar-refractivity contribution < 1.29 is 4.74 Å². The third kappa shape index (κ3) is 8.37. The Hall–Kier alpha value is -0.670. The smallest absolute Gasteiger partial charge is 0.191 e. The molecule has 1 unspecified atom stereocenters. The molecule has 0 amide bonds. The van der Waals surface area contributed by atoms with Gasteiger partial charge >= 0.3 is 0 Å². The van der Waals surface area contributed by atoms with E-state index in [0.717, 1.165) is 37.1 Å². The molecule has 2 rings (SSSR count). The van der Waals surface area contributed by atoms with Gasteiger partial charge in [0.25, 0.3) is 0 Å². The van der Waals surface area contributed by atoms with Gasteiger partial charge in [0, 0.05) is 49.4 Å². The normalized spacial score (nSPS) is 17.1. The predicted molar refractivity (Wildman–Crippen MR) is 133 cm³/mol. The third-order valence-corrected chi connectivity index (χ3v) is 6.42. The van der Waals surface area contributed by atoms with Crippen LogP contribution in [0, 0.1) is 5.92 Å². The molecule has 1 fully saturated rings. The van der Waals surface area contributed by atoms with Gasteiger partial charge in [0.1, 0.15) is 5.75 Å². The molecule has 1 aliphatic heterocycles. The van der Waals surface area contributed by atoms with E-state index in [0.29, 0.717) is 18.0 Å². The second-order valence-corrected chi connectivity index (χ2v) is 8.63. The molecule has 0 aromatic heterocycles. The van der Waals surface area contributed by atoms with E-state index in [1.807, 2.05) is 30.9 Å². The number of rotatable bonds is 8. The molecule has 0 saturated carbocycles. The van der Waals surface area contributed by atoms with E-state index in [1.165, 1.54) is 17.7 Å². The fourth-order valence-corrected chi connectivity index (χ4v) is 4.30. The van der Waals surface area contributed by atoms with Crippen molar-refractivity contribution in [2.24, 2.45) is 10.9 Å². The number of ether oxygens (including phenoxy) is 1. The summed E-state index contributed by atoms with van der Waals surface area (Å²) in [5.74, 6) is 3.44. The summed E-state index contributed by atoms with van der Waals surface area (Å²) < 4.78 is 5.43. The number of piperidine rings is 1. The summed E-state index contributed by atoms with van der Waals surface area (Å²) in [5.41, 5.74) is 0. The molecular weight excluding hydrogens is 483 g/mol. The molecule has 28 heavy (non-hydrogen) atoms. The van der Waals surface area contributed by atoms with Gasteiger partial charge in [-0.05, 0) is 44.7 Å². The van der Waals surface area contributed by atoms with Crippen molar-refractivity contribution in [3.8, 4) is 5.75 Å². The maximum atomic E-state index is 5.43. The summed E-state index contributed by atoms with van der Waals surface area (Å²) in [7, 11) is 3.58. The molecule has 1 aliphatic rings. The fraction of sp³-hybridized carbons (Fsp3) is 0.667. The van der Waals surface area contributed by atoms with Crippen molar-refractivity contribution in [2.45, 2.75) is 50.6 Å². The van der Waals surface area contributed by atoms with Crippen LogP contribution >= 0.6 is 35.7 Å². The van der Waals surface area contributed by atoms with E-state index >= 15 is 0 Å². The molecule has 7 heteroatoms. The Morgan fingerprint density at radius 1 is 1.25 bits per heavy atom. The standard InChI is InChI=1S/C21H36N4OS.HI/c1-16(2)25-12-10-18(11-13-25)24-21(22-4)23-14-17(3)15-27-20-9-7-6-8-19(20)26-5;/h6-9,16-18H,10-15H2,1-5H3,(H2,22,23,24);1H. The van der Waals surface area contributed by atoms with Crippen LogP contribution in [0.15, 0.2) is 34.2 Å². The van der Waals surface area contributed by atoms with E-state index in [2.05, 4.69) is 53.4 Å². The molecule has 5 nitrogen and oxygen atoms in total. The number of halogens is 1. The summed E-state index contributed by atoms with van der Waals surface area (Å²) in [5, 5.41) is 7.09. The second-order valence-electron chi connectivity index (χ2n) is 7.57. The second kappa shape index (κ2) is 13.5. The van der Waals surface area contributed by atoms with Crippen LogP contribution in [-0.4, -0.2) is 62.5 Å². The molecule has 1 aromatic rings. The van der Waals surface area contributed by atoms with E-state index in [4.69, 9.17) is 4.74 Å². The number of nitrogens with zero attached hydrogens (tertiary/aromatic N) is 2. The van der Waals surface area contributed by atoms with E-state index in [1.54, 1.807) is 7.11 Å². The lowest BCUT2D eigenvalue weighted by molar-refractivity contribution is 0.167. The Labute approximate surface area is 192 Å². The topological polar surface area (TPSA) is 48.9 Å². The van der Waals surface area contributed by atoms with Crippen molar-refractivity contribution in [1.29, 1.82) is 0 Å². The first-order valence-electron chi connectivity index (χ1n) is 10.0. The number of nitrogens with one attached hydrogen (secondary N) is 2. The van der Waals surface area contributed by atoms with Gasteiger partial charge in [-0.15, -0.1) is 35.7 Å². The minimum Gasteiger partial charge on any atom is -0.496 e. The third-order valence-electron chi connectivity index (χ3n) is 5.03. The van der Waals surface area contributed by atoms with E-state index in [9.17, 15) is 0 Å². The highest BCUT2D eigenvalue weighted by atomic mass is 127. The van der Waals surface area contributed by atoms with Gasteiger partial charge in [-0.2, -0.15) is 0 Å². The number of benzene rings is 1. The van der Waals surface area contributed by atoms with Crippen molar-refractivity contribution in [2.75, 3.05) is 39.5 Å². The maximum Gasteiger partial charge on any atom is 0.191 e.